The molecule has 0 radical (unpaired) electrons. The third kappa shape index (κ3) is 17.7. The average molecular weight is 422 g/mol. The third-order valence-corrected chi connectivity index (χ3v) is 2.48. The van der Waals surface area contributed by atoms with Gasteiger partial charge in [0.25, 0.3) is 0 Å². The molecular formula is C12H23FrO2. The van der Waals surface area contributed by atoms with Gasteiger partial charge in [0.1, 0.15) is 0 Å². The van der Waals surface area contributed by atoms with Crippen LogP contribution in [0.5, 0.6) is 0 Å². The molecule has 0 aromatic heterocycles. The molecule has 0 rings (SSSR count). The SMILES string of the molecule is CCCCCCCCCCCC(=O)[O-].[Fr+]. The Morgan fingerprint density at radius 3 is 1.67 bits per heavy atom. The summed E-state index contributed by atoms with van der Waals surface area (Å²) in [6.07, 6.45) is 11.2. The first-order valence-corrected chi connectivity index (χ1v) is 5.97. The minimum Gasteiger partial charge on any atom is -0.550 e. The molecule has 0 fully saturated rings. The van der Waals surface area contributed by atoms with Crippen LogP contribution < -0.4 is 5.11 Å². The van der Waals surface area contributed by atoms with Gasteiger partial charge >= 0.3 is 49.9 Å². The Labute approximate surface area is 135 Å². The predicted molar refractivity (Wildman–Crippen MR) is 56.9 cm³/mol. The average Bonchev–Trinajstić information content (AvgIpc) is 2.15. The first-order chi connectivity index (χ1) is 6.77. The monoisotopic (exact) mass is 422 g/mol. The molecule has 0 amide bonds. The summed E-state index contributed by atoms with van der Waals surface area (Å²) in [5, 5.41) is 10.1. The van der Waals surface area contributed by atoms with E-state index in [-0.39, 0.29) is 56.3 Å². The van der Waals surface area contributed by atoms with E-state index >= 15 is 0 Å². The maximum Gasteiger partial charge on any atom is 1.00 e. The molecule has 0 atom stereocenters. The van der Waals surface area contributed by atoms with Gasteiger partial charge < -0.3 is 9.90 Å². The molecular weight excluding hydrogens is 399 g/mol. The maximum absolute atomic E-state index is 10.1. The fraction of sp³-hybridized carbons (Fsp3) is 0.917. The van der Waals surface area contributed by atoms with E-state index in [0.717, 1.165) is 12.8 Å². The second-order valence-electron chi connectivity index (χ2n) is 3.95. The summed E-state index contributed by atoms with van der Waals surface area (Å²) in [5.74, 6) is -0.909. The van der Waals surface area contributed by atoms with Gasteiger partial charge in [-0.2, -0.15) is 0 Å². The van der Waals surface area contributed by atoms with Crippen molar-refractivity contribution in [2.24, 2.45) is 0 Å². The van der Waals surface area contributed by atoms with Crippen molar-refractivity contribution in [3.8, 4) is 0 Å². The summed E-state index contributed by atoms with van der Waals surface area (Å²) in [6.45, 7) is 2.22. The van der Waals surface area contributed by atoms with Gasteiger partial charge in [-0.1, -0.05) is 58.3 Å². The van der Waals surface area contributed by atoms with Gasteiger partial charge in [-0.15, -0.1) is 0 Å². The van der Waals surface area contributed by atoms with Crippen LogP contribution in [0.4, 0.5) is 0 Å². The zero-order valence-electron chi connectivity index (χ0n) is 10.4. The van der Waals surface area contributed by atoms with Gasteiger partial charge in [0.05, 0.1) is 0 Å². The molecule has 84 valence electrons. The molecule has 2 nitrogen and oxygen atoms in total. The molecule has 15 heavy (non-hydrogen) atoms. The Balaban J connectivity index is 0. The summed E-state index contributed by atoms with van der Waals surface area (Å²) >= 11 is 0. The zero-order valence-corrected chi connectivity index (χ0v) is 18.6. The van der Waals surface area contributed by atoms with E-state index in [1.165, 1.54) is 44.9 Å². The first kappa shape index (κ1) is 18.4. The molecule has 0 aromatic carbocycles. The van der Waals surface area contributed by atoms with Crippen molar-refractivity contribution >= 4 is 5.97 Å². The fourth-order valence-electron chi connectivity index (χ4n) is 1.58. The van der Waals surface area contributed by atoms with Gasteiger partial charge in [-0.25, -0.2) is 0 Å². The van der Waals surface area contributed by atoms with Crippen molar-refractivity contribution < 1.29 is 59.8 Å². The second kappa shape index (κ2) is 15.1. The molecule has 3 heteroatoms. The van der Waals surface area contributed by atoms with Crippen LogP contribution in [0.15, 0.2) is 0 Å². The zero-order chi connectivity index (χ0) is 10.6. The van der Waals surface area contributed by atoms with Crippen molar-refractivity contribution in [2.45, 2.75) is 71.1 Å². The van der Waals surface area contributed by atoms with E-state index in [0.29, 0.717) is 0 Å². The Hall–Kier alpha value is 1.07. The minimum absolute atomic E-state index is 0. The number of carboxylic acid groups (broad SMARTS) is 1. The van der Waals surface area contributed by atoms with E-state index in [1.54, 1.807) is 0 Å². The number of hydrogen-bond donors (Lipinski definition) is 0. The van der Waals surface area contributed by atoms with Gasteiger partial charge in [-0.3, -0.25) is 0 Å². The van der Waals surface area contributed by atoms with Crippen LogP contribution in [0.25, 0.3) is 0 Å². The Morgan fingerprint density at radius 1 is 0.867 bits per heavy atom. The summed E-state index contributed by atoms with van der Waals surface area (Å²) in [5.41, 5.74) is 0. The van der Waals surface area contributed by atoms with Crippen molar-refractivity contribution in [3.63, 3.8) is 0 Å². The molecule has 0 aliphatic rings. The van der Waals surface area contributed by atoms with Crippen LogP contribution in [-0.4, -0.2) is 5.97 Å². The summed E-state index contributed by atoms with van der Waals surface area (Å²) in [6, 6.07) is 0. The molecule has 0 unspecified atom stereocenters. The van der Waals surface area contributed by atoms with Crippen LogP contribution in [0.3, 0.4) is 0 Å². The third-order valence-electron chi connectivity index (χ3n) is 2.48. The molecule has 0 heterocycles. The number of carbonyl (C=O) groups excluding carboxylic acids is 1. The summed E-state index contributed by atoms with van der Waals surface area (Å²) in [4.78, 5) is 10.1. The van der Waals surface area contributed by atoms with E-state index in [9.17, 15) is 9.90 Å². The van der Waals surface area contributed by atoms with Crippen LogP contribution in [0.1, 0.15) is 71.1 Å². The minimum atomic E-state index is -0.909. The number of carbonyl (C=O) groups is 1. The molecule has 0 spiro atoms. The fourth-order valence-corrected chi connectivity index (χ4v) is 1.58. The predicted octanol–water partition coefficient (Wildman–Crippen LogP) is 2.66. The molecule has 0 saturated carbocycles. The van der Waals surface area contributed by atoms with Gasteiger partial charge in [0, 0.05) is 5.97 Å². The van der Waals surface area contributed by atoms with Crippen molar-refractivity contribution in [3.05, 3.63) is 0 Å². The largest absolute Gasteiger partial charge is 1.00 e. The van der Waals surface area contributed by atoms with Crippen LogP contribution in [0.2, 0.25) is 0 Å². The van der Waals surface area contributed by atoms with Gasteiger partial charge in [-0.05, 0) is 12.8 Å². The second-order valence-corrected chi connectivity index (χ2v) is 3.95. The molecule has 0 aliphatic heterocycles. The first-order valence-electron chi connectivity index (χ1n) is 5.97. The molecule has 0 N–H and O–H groups in total. The van der Waals surface area contributed by atoms with E-state index in [4.69, 9.17) is 0 Å². The Kier molecular flexibility index (Phi) is 18.5. The summed E-state index contributed by atoms with van der Waals surface area (Å²) in [7, 11) is 0. The number of unbranched alkanes of at least 4 members (excludes halogenated alkanes) is 8. The number of hydrogen-bond acceptors (Lipinski definition) is 2. The van der Waals surface area contributed by atoms with Gasteiger partial charge in [0.2, 0.25) is 0 Å². The quantitative estimate of drug-likeness (QED) is 0.508. The Morgan fingerprint density at radius 2 is 1.27 bits per heavy atom. The maximum atomic E-state index is 10.1. The van der Waals surface area contributed by atoms with Crippen LogP contribution in [-0.2, 0) is 4.79 Å². The van der Waals surface area contributed by atoms with E-state index in [2.05, 4.69) is 6.92 Å². The molecule has 0 aliphatic carbocycles. The van der Waals surface area contributed by atoms with E-state index < -0.39 is 5.97 Å². The molecule has 0 bridgehead atoms. The smallest absolute Gasteiger partial charge is 0.550 e. The van der Waals surface area contributed by atoms with Crippen LogP contribution >= 0.6 is 0 Å². The number of rotatable bonds is 10. The molecule has 0 aromatic rings. The van der Waals surface area contributed by atoms with Crippen molar-refractivity contribution in [1.29, 1.82) is 0 Å². The van der Waals surface area contributed by atoms with Crippen molar-refractivity contribution in [2.75, 3.05) is 0 Å². The Bertz CT molecular complexity index is 138. The van der Waals surface area contributed by atoms with Crippen molar-refractivity contribution in [1.82, 2.24) is 0 Å². The standard InChI is InChI=1S/C12H24O2.Fr/c1-2-3-4-5-6-7-8-9-10-11-12(13)14;/h2-11H2,1H3,(H,13,14);/q;+1/p-1. The number of aliphatic carboxylic acids is 1. The van der Waals surface area contributed by atoms with E-state index in [1.807, 2.05) is 0 Å². The molecule has 0 saturated heterocycles. The topological polar surface area (TPSA) is 40.1 Å². The number of carboxylic acids is 1. The van der Waals surface area contributed by atoms with Gasteiger partial charge in [0.15, 0.2) is 0 Å². The normalized spacial score (nSPS) is 9.67. The van der Waals surface area contributed by atoms with Crippen LogP contribution in [0, 0.1) is 49.9 Å². The summed E-state index contributed by atoms with van der Waals surface area (Å²) < 4.78 is 0.